The fourth-order valence-corrected chi connectivity index (χ4v) is 4.35. The molecule has 0 aliphatic carbocycles. The number of rotatable bonds is 6. The van der Waals surface area contributed by atoms with E-state index < -0.39 is 6.10 Å². The van der Waals surface area contributed by atoms with E-state index in [-0.39, 0.29) is 6.61 Å². The average Bonchev–Trinajstić information content (AvgIpc) is 3.18. The predicted octanol–water partition coefficient (Wildman–Crippen LogP) is 4.04. The van der Waals surface area contributed by atoms with Gasteiger partial charge in [-0.3, -0.25) is 4.90 Å². The zero-order valence-electron chi connectivity index (χ0n) is 17.7. The molecule has 4 aromatic rings. The molecule has 0 saturated heterocycles. The molecule has 0 saturated carbocycles. The first-order valence-electron chi connectivity index (χ1n) is 10.8. The number of ether oxygens (including phenoxy) is 1. The largest absolute Gasteiger partial charge is 0.475 e. The van der Waals surface area contributed by atoms with Crippen LogP contribution in [0.5, 0.6) is 5.88 Å². The van der Waals surface area contributed by atoms with Crippen molar-refractivity contribution in [2.24, 2.45) is 7.05 Å². The van der Waals surface area contributed by atoms with Crippen molar-refractivity contribution in [2.75, 3.05) is 19.7 Å². The van der Waals surface area contributed by atoms with E-state index in [2.05, 4.69) is 76.2 Å². The Labute approximate surface area is 182 Å². The molecule has 1 atom stereocenters. The molecule has 0 amide bonds. The molecule has 158 valence electrons. The highest BCUT2D eigenvalue weighted by Gasteiger charge is 2.19. The van der Waals surface area contributed by atoms with Crippen LogP contribution in [0.1, 0.15) is 11.1 Å². The van der Waals surface area contributed by atoms with Crippen molar-refractivity contribution in [3.63, 3.8) is 0 Å². The molecule has 0 spiro atoms. The molecule has 31 heavy (non-hydrogen) atoms. The molecule has 1 aliphatic heterocycles. The lowest BCUT2D eigenvalue weighted by Crippen LogP contribution is -2.38. The molecule has 0 fully saturated rings. The number of aromatic nitrogens is 2. The number of hydrogen-bond acceptors (Lipinski definition) is 4. The number of aliphatic hydroxyl groups is 1. The van der Waals surface area contributed by atoms with Crippen LogP contribution >= 0.6 is 0 Å². The molecular formula is C26H27N3O2. The Morgan fingerprint density at radius 1 is 1.03 bits per heavy atom. The Morgan fingerprint density at radius 3 is 2.77 bits per heavy atom. The highest BCUT2D eigenvalue weighted by atomic mass is 16.5. The molecule has 0 bridgehead atoms. The van der Waals surface area contributed by atoms with Gasteiger partial charge in [0.2, 0.25) is 5.88 Å². The summed E-state index contributed by atoms with van der Waals surface area (Å²) in [4.78, 5) is 6.62. The normalized spacial score (nSPS) is 15.0. The average molecular weight is 414 g/mol. The number of benzene rings is 2. The van der Waals surface area contributed by atoms with E-state index in [1.54, 1.807) is 6.20 Å². The fraction of sp³-hybridized carbons (Fsp3) is 0.269. The smallest absolute Gasteiger partial charge is 0.213 e. The van der Waals surface area contributed by atoms with E-state index in [4.69, 9.17) is 4.74 Å². The summed E-state index contributed by atoms with van der Waals surface area (Å²) in [5.74, 6) is 0.535. The van der Waals surface area contributed by atoms with Crippen LogP contribution in [0.3, 0.4) is 0 Å². The van der Waals surface area contributed by atoms with Gasteiger partial charge in [0, 0.05) is 50.7 Å². The third kappa shape index (κ3) is 4.33. The number of fused-ring (bicyclic) bond motifs is 2. The van der Waals surface area contributed by atoms with Gasteiger partial charge in [-0.05, 0) is 52.3 Å². The van der Waals surface area contributed by atoms with E-state index >= 15 is 0 Å². The maximum Gasteiger partial charge on any atom is 0.213 e. The van der Waals surface area contributed by atoms with Crippen LogP contribution in [0.2, 0.25) is 0 Å². The van der Waals surface area contributed by atoms with E-state index in [9.17, 15) is 5.11 Å². The number of nitrogens with zero attached hydrogens (tertiary/aromatic N) is 3. The number of aliphatic hydroxyl groups excluding tert-OH is 1. The van der Waals surface area contributed by atoms with Crippen LogP contribution in [0, 0.1) is 0 Å². The maximum atomic E-state index is 10.5. The van der Waals surface area contributed by atoms with Crippen LogP contribution in [-0.4, -0.2) is 45.4 Å². The third-order valence-electron chi connectivity index (χ3n) is 6.06. The first-order chi connectivity index (χ1) is 15.2. The van der Waals surface area contributed by atoms with Crippen LogP contribution in [-0.2, 0) is 20.0 Å². The first-order valence-corrected chi connectivity index (χ1v) is 10.8. The van der Waals surface area contributed by atoms with Gasteiger partial charge < -0.3 is 14.4 Å². The molecule has 5 rings (SSSR count). The van der Waals surface area contributed by atoms with Crippen molar-refractivity contribution in [1.82, 2.24) is 14.5 Å². The van der Waals surface area contributed by atoms with Crippen molar-refractivity contribution < 1.29 is 9.84 Å². The zero-order valence-corrected chi connectivity index (χ0v) is 17.7. The van der Waals surface area contributed by atoms with Gasteiger partial charge in [-0.15, -0.1) is 0 Å². The minimum atomic E-state index is -0.560. The quantitative estimate of drug-likeness (QED) is 0.518. The minimum absolute atomic E-state index is 0.228. The lowest BCUT2D eigenvalue weighted by atomic mass is 10.00. The van der Waals surface area contributed by atoms with Gasteiger partial charge in [0.05, 0.1) is 0 Å². The molecule has 3 heterocycles. The Bertz CT molecular complexity index is 1200. The summed E-state index contributed by atoms with van der Waals surface area (Å²) in [6, 6.07) is 21.0. The first kappa shape index (κ1) is 19.8. The summed E-state index contributed by atoms with van der Waals surface area (Å²) in [6.07, 6.45) is 4.29. The molecule has 1 N–H and O–H groups in total. The second-order valence-corrected chi connectivity index (χ2v) is 8.30. The van der Waals surface area contributed by atoms with Crippen LogP contribution in [0.4, 0.5) is 0 Å². The topological polar surface area (TPSA) is 50.5 Å². The summed E-state index contributed by atoms with van der Waals surface area (Å²) in [6.45, 7) is 2.66. The van der Waals surface area contributed by atoms with E-state index in [1.807, 2.05) is 12.1 Å². The van der Waals surface area contributed by atoms with Crippen LogP contribution < -0.4 is 4.74 Å². The molecule has 5 nitrogen and oxygen atoms in total. The monoisotopic (exact) mass is 413 g/mol. The molecule has 2 aromatic carbocycles. The van der Waals surface area contributed by atoms with Crippen molar-refractivity contribution in [1.29, 1.82) is 0 Å². The van der Waals surface area contributed by atoms with Gasteiger partial charge in [0.15, 0.2) is 0 Å². The number of pyridine rings is 1. The SMILES string of the molecule is Cn1ccc2ccc(-c3ccnc(OCC(O)CN4CCc5ccccc5C4)c3)cc21. The summed E-state index contributed by atoms with van der Waals surface area (Å²) < 4.78 is 7.96. The van der Waals surface area contributed by atoms with E-state index in [0.29, 0.717) is 12.4 Å². The van der Waals surface area contributed by atoms with Gasteiger partial charge in [-0.2, -0.15) is 0 Å². The molecule has 0 radical (unpaired) electrons. The Balaban J connectivity index is 1.21. The lowest BCUT2D eigenvalue weighted by Gasteiger charge is -2.30. The summed E-state index contributed by atoms with van der Waals surface area (Å²) in [5.41, 5.74) is 6.13. The van der Waals surface area contributed by atoms with E-state index in [1.165, 1.54) is 22.0 Å². The van der Waals surface area contributed by atoms with Gasteiger partial charge in [-0.1, -0.05) is 36.4 Å². The Kier molecular flexibility index (Phi) is 5.45. The lowest BCUT2D eigenvalue weighted by molar-refractivity contribution is 0.0622. The highest BCUT2D eigenvalue weighted by Crippen LogP contribution is 2.26. The van der Waals surface area contributed by atoms with Gasteiger partial charge in [-0.25, -0.2) is 4.98 Å². The van der Waals surface area contributed by atoms with Crippen molar-refractivity contribution >= 4 is 10.9 Å². The third-order valence-corrected chi connectivity index (χ3v) is 6.06. The maximum absolute atomic E-state index is 10.5. The second-order valence-electron chi connectivity index (χ2n) is 8.30. The fourth-order valence-electron chi connectivity index (χ4n) is 4.35. The van der Waals surface area contributed by atoms with Gasteiger partial charge in [0.1, 0.15) is 12.7 Å². The predicted molar refractivity (Wildman–Crippen MR) is 123 cm³/mol. The summed E-state index contributed by atoms with van der Waals surface area (Å²) in [5, 5.41) is 11.7. The molecule has 1 unspecified atom stereocenters. The number of aryl methyl sites for hydroxylation is 1. The molecule has 5 heteroatoms. The minimum Gasteiger partial charge on any atom is -0.475 e. The second kappa shape index (κ2) is 8.53. The Hall–Kier alpha value is -3.15. The van der Waals surface area contributed by atoms with Crippen molar-refractivity contribution in [3.05, 3.63) is 84.2 Å². The number of β-amino-alcohol motifs (C(OH)–C–C–N with tert-alkyl or cyclic N) is 1. The summed E-state index contributed by atoms with van der Waals surface area (Å²) >= 11 is 0. The van der Waals surface area contributed by atoms with Crippen LogP contribution in [0.15, 0.2) is 73.1 Å². The highest BCUT2D eigenvalue weighted by molar-refractivity contribution is 5.85. The number of hydrogen-bond donors (Lipinski definition) is 1. The van der Waals surface area contributed by atoms with Crippen molar-refractivity contribution in [3.8, 4) is 17.0 Å². The van der Waals surface area contributed by atoms with Gasteiger partial charge in [0.25, 0.3) is 0 Å². The molecule has 2 aromatic heterocycles. The van der Waals surface area contributed by atoms with Crippen LogP contribution in [0.25, 0.3) is 22.0 Å². The van der Waals surface area contributed by atoms with E-state index in [0.717, 1.165) is 30.6 Å². The van der Waals surface area contributed by atoms with Crippen molar-refractivity contribution in [2.45, 2.75) is 19.1 Å². The zero-order chi connectivity index (χ0) is 21.2. The standard InChI is InChI=1S/C26H27N3O2/c1-28-12-9-20-6-7-21(14-25(20)28)22-8-11-27-26(15-22)31-18-24(30)17-29-13-10-19-4-2-3-5-23(19)16-29/h2-9,11-12,14-15,24,30H,10,13,16-18H2,1H3. The molecular weight excluding hydrogens is 386 g/mol. The Morgan fingerprint density at radius 2 is 1.87 bits per heavy atom. The van der Waals surface area contributed by atoms with Gasteiger partial charge >= 0.3 is 0 Å². The summed E-state index contributed by atoms with van der Waals surface area (Å²) in [7, 11) is 2.05. The molecule has 1 aliphatic rings.